The van der Waals surface area contributed by atoms with Crippen LogP contribution in [0.25, 0.3) is 32.8 Å². The van der Waals surface area contributed by atoms with E-state index in [2.05, 4.69) is 4.98 Å². The van der Waals surface area contributed by atoms with Gasteiger partial charge < -0.3 is 20.2 Å². The van der Waals surface area contributed by atoms with E-state index in [0.29, 0.717) is 5.39 Å². The summed E-state index contributed by atoms with van der Waals surface area (Å²) in [7, 11) is 1.65. The maximum absolute atomic E-state index is 12.5. The van der Waals surface area contributed by atoms with Crippen molar-refractivity contribution in [3.63, 3.8) is 0 Å². The Morgan fingerprint density at radius 2 is 1.90 bits per heavy atom. The zero-order chi connectivity index (χ0) is 21.4. The van der Waals surface area contributed by atoms with Crippen molar-refractivity contribution in [1.82, 2.24) is 4.98 Å². The predicted molar refractivity (Wildman–Crippen MR) is 121 cm³/mol. The van der Waals surface area contributed by atoms with Crippen LogP contribution in [-0.2, 0) is 4.74 Å². The SMILES string of the molecule is COc1cc(C)c2[nH]c(=O)c3cscc3c2c1-c1ccc(C(C)COC(N)=O)cc1. The average Bonchev–Trinajstić information content (AvgIpc) is 3.23. The van der Waals surface area contributed by atoms with Crippen LogP contribution in [0.4, 0.5) is 4.79 Å². The normalized spacial score (nSPS) is 12.2. The number of primary amides is 1. The van der Waals surface area contributed by atoms with Crippen LogP contribution in [0, 0.1) is 6.92 Å². The number of aryl methyl sites for hydroxylation is 1. The highest BCUT2D eigenvalue weighted by Crippen LogP contribution is 2.41. The summed E-state index contributed by atoms with van der Waals surface area (Å²) in [4.78, 5) is 26.4. The lowest BCUT2D eigenvalue weighted by molar-refractivity contribution is 0.151. The molecule has 0 aliphatic heterocycles. The number of carbonyl (C=O) groups excluding carboxylic acids is 1. The van der Waals surface area contributed by atoms with Gasteiger partial charge in [-0.05, 0) is 35.1 Å². The Hall–Kier alpha value is -3.32. The molecule has 4 aromatic rings. The summed E-state index contributed by atoms with van der Waals surface area (Å²) in [6.07, 6.45) is -0.775. The molecule has 0 bridgehead atoms. The molecular formula is C23H22N2O4S. The first-order chi connectivity index (χ1) is 14.4. The van der Waals surface area contributed by atoms with Crippen LogP contribution in [0.15, 0.2) is 45.9 Å². The minimum atomic E-state index is -0.775. The van der Waals surface area contributed by atoms with Crippen molar-refractivity contribution >= 4 is 39.1 Å². The van der Waals surface area contributed by atoms with Gasteiger partial charge in [0.25, 0.3) is 5.56 Å². The summed E-state index contributed by atoms with van der Waals surface area (Å²) < 4.78 is 10.6. The van der Waals surface area contributed by atoms with Gasteiger partial charge in [0, 0.05) is 27.6 Å². The molecule has 0 aliphatic rings. The van der Waals surface area contributed by atoms with Gasteiger partial charge in [-0.2, -0.15) is 11.3 Å². The Balaban J connectivity index is 1.90. The lowest BCUT2D eigenvalue weighted by Crippen LogP contribution is -2.16. The topological polar surface area (TPSA) is 94.4 Å². The number of rotatable bonds is 5. The molecule has 0 radical (unpaired) electrons. The van der Waals surface area contributed by atoms with Crippen molar-refractivity contribution in [3.8, 4) is 16.9 Å². The molecule has 0 saturated heterocycles. The number of nitrogens with two attached hydrogens (primary N) is 1. The van der Waals surface area contributed by atoms with Crippen molar-refractivity contribution < 1.29 is 14.3 Å². The van der Waals surface area contributed by atoms with Gasteiger partial charge in [0.15, 0.2) is 0 Å². The van der Waals surface area contributed by atoms with E-state index in [4.69, 9.17) is 15.2 Å². The Bertz CT molecular complexity index is 1310. The van der Waals surface area contributed by atoms with E-state index in [1.54, 1.807) is 7.11 Å². The summed E-state index contributed by atoms with van der Waals surface area (Å²) in [6, 6.07) is 10.00. The number of H-pyrrole nitrogens is 1. The van der Waals surface area contributed by atoms with Crippen LogP contribution in [-0.4, -0.2) is 24.8 Å². The van der Waals surface area contributed by atoms with Gasteiger partial charge in [0.2, 0.25) is 0 Å². The van der Waals surface area contributed by atoms with Crippen molar-refractivity contribution in [1.29, 1.82) is 0 Å². The minimum absolute atomic E-state index is 0.0168. The Labute approximate surface area is 177 Å². The highest BCUT2D eigenvalue weighted by atomic mass is 32.1. The Morgan fingerprint density at radius 1 is 1.20 bits per heavy atom. The molecule has 2 heterocycles. The molecule has 2 aromatic carbocycles. The fourth-order valence-corrected chi connectivity index (χ4v) is 4.61. The maximum Gasteiger partial charge on any atom is 0.404 e. The number of fused-ring (bicyclic) bond motifs is 3. The van der Waals surface area contributed by atoms with E-state index in [9.17, 15) is 9.59 Å². The Morgan fingerprint density at radius 3 is 2.57 bits per heavy atom. The second-order valence-electron chi connectivity index (χ2n) is 7.33. The van der Waals surface area contributed by atoms with Gasteiger partial charge >= 0.3 is 6.09 Å². The van der Waals surface area contributed by atoms with Gasteiger partial charge in [-0.25, -0.2) is 4.79 Å². The number of pyridine rings is 1. The van der Waals surface area contributed by atoms with Crippen molar-refractivity contribution in [2.75, 3.05) is 13.7 Å². The standard InChI is InChI=1S/C23H22N2O4S/c1-12-8-18(28-3)19(20-16-10-30-11-17(16)22(26)25-21(12)20)15-6-4-14(5-7-15)13(2)9-29-23(24)27/h4-8,10-11,13H,9H2,1-3H3,(H2,24,27)(H,25,26). The number of benzene rings is 2. The maximum atomic E-state index is 12.5. The molecule has 154 valence electrons. The van der Waals surface area contributed by atoms with Crippen LogP contribution in [0.1, 0.15) is 24.0 Å². The van der Waals surface area contributed by atoms with E-state index >= 15 is 0 Å². The summed E-state index contributed by atoms with van der Waals surface area (Å²) in [5.41, 5.74) is 9.68. The number of methoxy groups -OCH3 is 1. The predicted octanol–water partition coefficient (Wildman–Crippen LogP) is 4.93. The molecule has 4 rings (SSSR count). The van der Waals surface area contributed by atoms with E-state index in [1.807, 2.05) is 54.9 Å². The number of thiophene rings is 1. The largest absolute Gasteiger partial charge is 0.496 e. The van der Waals surface area contributed by atoms with E-state index in [-0.39, 0.29) is 18.1 Å². The lowest BCUT2D eigenvalue weighted by atomic mass is 9.93. The van der Waals surface area contributed by atoms with Crippen molar-refractivity contribution in [3.05, 3.63) is 62.6 Å². The lowest BCUT2D eigenvalue weighted by Gasteiger charge is -2.17. The fourth-order valence-electron chi connectivity index (χ4n) is 3.79. The summed E-state index contributed by atoms with van der Waals surface area (Å²) in [6.45, 7) is 4.16. The third-order valence-electron chi connectivity index (χ3n) is 5.37. The number of ether oxygens (including phenoxy) is 2. The van der Waals surface area contributed by atoms with Gasteiger partial charge in [0.1, 0.15) is 5.75 Å². The molecule has 1 amide bonds. The second-order valence-corrected chi connectivity index (χ2v) is 8.07. The number of carbonyl (C=O) groups is 1. The molecular weight excluding hydrogens is 400 g/mol. The average molecular weight is 423 g/mol. The molecule has 30 heavy (non-hydrogen) atoms. The highest BCUT2D eigenvalue weighted by molar-refractivity contribution is 7.09. The zero-order valence-electron chi connectivity index (χ0n) is 16.9. The highest BCUT2D eigenvalue weighted by Gasteiger charge is 2.18. The number of amides is 1. The monoisotopic (exact) mass is 422 g/mol. The number of aromatic amines is 1. The first-order valence-electron chi connectivity index (χ1n) is 9.52. The molecule has 1 unspecified atom stereocenters. The van der Waals surface area contributed by atoms with Crippen LogP contribution in [0.2, 0.25) is 0 Å². The molecule has 0 fully saturated rings. The van der Waals surface area contributed by atoms with E-state index in [1.165, 1.54) is 11.3 Å². The van der Waals surface area contributed by atoms with Gasteiger partial charge in [-0.15, -0.1) is 0 Å². The molecule has 0 spiro atoms. The van der Waals surface area contributed by atoms with E-state index < -0.39 is 6.09 Å². The molecule has 0 saturated carbocycles. The second kappa shape index (κ2) is 7.84. The smallest absolute Gasteiger partial charge is 0.404 e. The number of hydrogen-bond donors (Lipinski definition) is 2. The summed E-state index contributed by atoms with van der Waals surface area (Å²) in [5.74, 6) is 0.764. The van der Waals surface area contributed by atoms with Crippen LogP contribution in [0.3, 0.4) is 0 Å². The van der Waals surface area contributed by atoms with Gasteiger partial charge in [-0.1, -0.05) is 31.2 Å². The number of nitrogens with one attached hydrogen (secondary N) is 1. The molecule has 1 atom stereocenters. The van der Waals surface area contributed by atoms with Gasteiger partial charge in [0.05, 0.1) is 24.6 Å². The third kappa shape index (κ3) is 3.41. The molecule has 0 aliphatic carbocycles. The first-order valence-corrected chi connectivity index (χ1v) is 10.5. The fraction of sp³-hybridized carbons (Fsp3) is 0.217. The molecule has 2 aromatic heterocycles. The van der Waals surface area contributed by atoms with Gasteiger partial charge in [-0.3, -0.25) is 4.79 Å². The van der Waals surface area contributed by atoms with Crippen molar-refractivity contribution in [2.45, 2.75) is 19.8 Å². The minimum Gasteiger partial charge on any atom is -0.496 e. The summed E-state index contributed by atoms with van der Waals surface area (Å²) >= 11 is 1.51. The zero-order valence-corrected chi connectivity index (χ0v) is 17.8. The molecule has 7 heteroatoms. The number of aromatic nitrogens is 1. The van der Waals surface area contributed by atoms with Crippen LogP contribution < -0.4 is 16.0 Å². The molecule has 3 N–H and O–H groups in total. The Kier molecular flexibility index (Phi) is 5.22. The number of hydrogen-bond acceptors (Lipinski definition) is 5. The van der Waals surface area contributed by atoms with Crippen molar-refractivity contribution in [2.24, 2.45) is 5.73 Å². The first kappa shape index (κ1) is 20.0. The van der Waals surface area contributed by atoms with E-state index in [0.717, 1.165) is 44.3 Å². The quantitative estimate of drug-likeness (QED) is 0.477. The van der Waals surface area contributed by atoms with Crippen LogP contribution in [0.5, 0.6) is 5.75 Å². The molecule has 6 nitrogen and oxygen atoms in total. The van der Waals surface area contributed by atoms with Crippen LogP contribution >= 0.6 is 11.3 Å². The summed E-state index contributed by atoms with van der Waals surface area (Å²) in [5, 5.41) is 6.45. The third-order valence-corrected chi connectivity index (χ3v) is 6.11.